The van der Waals surface area contributed by atoms with Crippen LogP contribution in [0, 0.1) is 5.82 Å². The minimum atomic E-state index is -0.335. The van der Waals surface area contributed by atoms with Crippen molar-refractivity contribution in [3.63, 3.8) is 0 Å². The molecular weight excluding hydrogens is 371 g/mol. The van der Waals surface area contributed by atoms with Gasteiger partial charge >= 0.3 is 0 Å². The molecule has 0 aromatic heterocycles. The molecule has 2 aromatic rings. The van der Waals surface area contributed by atoms with Gasteiger partial charge in [0.25, 0.3) is 5.91 Å². The molecule has 0 unspecified atom stereocenters. The Balaban J connectivity index is 1.48. The van der Waals surface area contributed by atoms with E-state index in [9.17, 15) is 14.0 Å². The first-order chi connectivity index (χ1) is 14.0. The molecule has 29 heavy (non-hydrogen) atoms. The number of likely N-dealkylation sites (N-methyl/N-ethyl adjacent to an activating group) is 1. The molecule has 0 fully saturated rings. The minimum absolute atomic E-state index is 0.151. The summed E-state index contributed by atoms with van der Waals surface area (Å²) in [5, 5.41) is 8.46. The highest BCUT2D eigenvalue weighted by atomic mass is 19.1. The molecule has 2 aliphatic heterocycles. The normalized spacial score (nSPS) is 15.9. The largest absolute Gasteiger partial charge is 0.371 e. The zero-order valence-corrected chi connectivity index (χ0v) is 16.3. The Morgan fingerprint density at radius 3 is 2.69 bits per heavy atom. The van der Waals surface area contributed by atoms with Crippen molar-refractivity contribution in [2.75, 3.05) is 23.3 Å². The van der Waals surface area contributed by atoms with E-state index in [2.05, 4.69) is 22.2 Å². The van der Waals surface area contributed by atoms with Crippen LogP contribution in [0.15, 0.2) is 47.6 Å². The van der Waals surface area contributed by atoms with Gasteiger partial charge < -0.3 is 10.2 Å². The second-order valence-electron chi connectivity index (χ2n) is 7.25. The Labute approximate surface area is 169 Å². The van der Waals surface area contributed by atoms with Crippen molar-refractivity contribution in [2.45, 2.75) is 32.7 Å². The molecule has 7 heteroatoms. The summed E-state index contributed by atoms with van der Waals surface area (Å²) >= 11 is 0. The van der Waals surface area contributed by atoms with E-state index in [4.69, 9.17) is 0 Å². The molecule has 0 radical (unpaired) electrons. The predicted octanol–water partition coefficient (Wildman–Crippen LogP) is 3.33. The number of anilines is 2. The van der Waals surface area contributed by atoms with Crippen molar-refractivity contribution in [3.05, 3.63) is 59.4 Å². The van der Waals surface area contributed by atoms with E-state index in [0.29, 0.717) is 12.1 Å². The summed E-state index contributed by atoms with van der Waals surface area (Å²) in [4.78, 5) is 27.2. The van der Waals surface area contributed by atoms with Gasteiger partial charge in [-0.25, -0.2) is 9.40 Å². The summed E-state index contributed by atoms with van der Waals surface area (Å²) in [7, 11) is 0. The predicted molar refractivity (Wildman–Crippen MR) is 110 cm³/mol. The molecule has 2 aliphatic rings. The number of nitrogens with zero attached hydrogens (tertiary/aromatic N) is 3. The third kappa shape index (κ3) is 4.13. The number of rotatable bonds is 5. The van der Waals surface area contributed by atoms with E-state index in [1.165, 1.54) is 22.7 Å². The first kappa shape index (κ1) is 19.1. The number of halogens is 1. The summed E-state index contributed by atoms with van der Waals surface area (Å²) in [6, 6.07) is 11.8. The second kappa shape index (κ2) is 8.03. The number of hydrogen-bond acceptors (Lipinski definition) is 4. The maximum Gasteiger partial charge on any atom is 0.271 e. The van der Waals surface area contributed by atoms with E-state index in [-0.39, 0.29) is 30.6 Å². The van der Waals surface area contributed by atoms with Crippen molar-refractivity contribution < 1.29 is 14.0 Å². The van der Waals surface area contributed by atoms with Crippen LogP contribution in [0.25, 0.3) is 0 Å². The number of carbonyl (C=O) groups excluding carboxylic acids is 2. The van der Waals surface area contributed by atoms with Gasteiger partial charge in [-0.1, -0.05) is 18.2 Å². The number of benzene rings is 2. The Kier molecular flexibility index (Phi) is 5.29. The van der Waals surface area contributed by atoms with E-state index < -0.39 is 0 Å². The molecule has 0 spiro atoms. The summed E-state index contributed by atoms with van der Waals surface area (Å²) in [6.45, 7) is 4.25. The van der Waals surface area contributed by atoms with E-state index in [1.807, 2.05) is 18.2 Å². The molecule has 0 bridgehead atoms. The van der Waals surface area contributed by atoms with Crippen LogP contribution in [0.5, 0.6) is 0 Å². The fraction of sp³-hybridized carbons (Fsp3) is 0.318. The van der Waals surface area contributed by atoms with Crippen molar-refractivity contribution in [1.29, 1.82) is 0 Å². The first-order valence-electron chi connectivity index (χ1n) is 9.85. The molecule has 150 valence electrons. The molecule has 6 nitrogen and oxygen atoms in total. The molecule has 2 heterocycles. The average Bonchev–Trinajstić information content (AvgIpc) is 3.13. The van der Waals surface area contributed by atoms with Crippen LogP contribution in [0.2, 0.25) is 0 Å². The van der Waals surface area contributed by atoms with Crippen molar-refractivity contribution in [3.8, 4) is 0 Å². The van der Waals surface area contributed by atoms with E-state index in [1.54, 1.807) is 12.1 Å². The van der Waals surface area contributed by atoms with Gasteiger partial charge in [-0.05, 0) is 48.7 Å². The molecule has 0 saturated carbocycles. The molecule has 4 rings (SSSR count). The topological polar surface area (TPSA) is 65.0 Å². The fourth-order valence-corrected chi connectivity index (χ4v) is 3.71. The standard InChI is InChI=1S/C22H23FN4O2/c1-2-26-12-11-16-5-8-18(13-20(16)26)24-22(29)19-9-10-21(28)27(25-19)14-15-3-6-17(23)7-4-15/h3-8,13H,2,9-12,14H2,1H3,(H,24,29). The molecule has 2 aromatic carbocycles. The summed E-state index contributed by atoms with van der Waals surface area (Å²) in [5.41, 5.74) is 4.24. The Morgan fingerprint density at radius 1 is 1.14 bits per heavy atom. The SMILES string of the molecule is CCN1CCc2ccc(NC(=O)C3=NN(Cc4ccc(F)cc4)C(=O)CC3)cc21. The lowest BCUT2D eigenvalue weighted by Gasteiger charge is -2.23. The van der Waals surface area contributed by atoms with Gasteiger partial charge in [0, 0.05) is 37.3 Å². The van der Waals surface area contributed by atoms with Crippen LogP contribution in [0.3, 0.4) is 0 Å². The average molecular weight is 394 g/mol. The van der Waals surface area contributed by atoms with Gasteiger partial charge in [-0.2, -0.15) is 5.10 Å². The molecule has 1 N–H and O–H groups in total. The highest BCUT2D eigenvalue weighted by Gasteiger charge is 2.25. The van der Waals surface area contributed by atoms with Crippen LogP contribution in [-0.4, -0.2) is 35.6 Å². The number of carbonyl (C=O) groups is 2. The maximum absolute atomic E-state index is 13.1. The lowest BCUT2D eigenvalue weighted by molar-refractivity contribution is -0.132. The molecular formula is C22H23FN4O2. The smallest absolute Gasteiger partial charge is 0.271 e. The van der Waals surface area contributed by atoms with Gasteiger partial charge in [-0.15, -0.1) is 0 Å². The highest BCUT2D eigenvalue weighted by molar-refractivity contribution is 6.43. The van der Waals surface area contributed by atoms with Crippen LogP contribution in [-0.2, 0) is 22.6 Å². The zero-order chi connectivity index (χ0) is 20.4. The third-order valence-electron chi connectivity index (χ3n) is 5.33. The minimum Gasteiger partial charge on any atom is -0.371 e. The van der Waals surface area contributed by atoms with Crippen molar-refractivity contribution >= 4 is 28.9 Å². The fourth-order valence-electron chi connectivity index (χ4n) is 3.71. The van der Waals surface area contributed by atoms with Crippen LogP contribution in [0.4, 0.5) is 15.8 Å². The zero-order valence-electron chi connectivity index (χ0n) is 16.3. The number of fused-ring (bicyclic) bond motifs is 1. The van der Waals surface area contributed by atoms with Crippen molar-refractivity contribution in [1.82, 2.24) is 5.01 Å². The van der Waals surface area contributed by atoms with Gasteiger partial charge in [0.1, 0.15) is 11.5 Å². The molecule has 0 saturated heterocycles. The number of hydrogen-bond donors (Lipinski definition) is 1. The van der Waals surface area contributed by atoms with E-state index in [0.717, 1.165) is 36.4 Å². The first-order valence-corrected chi connectivity index (χ1v) is 9.85. The highest BCUT2D eigenvalue weighted by Crippen LogP contribution is 2.30. The monoisotopic (exact) mass is 394 g/mol. The molecule has 0 atom stereocenters. The lowest BCUT2D eigenvalue weighted by atomic mass is 10.1. The summed E-state index contributed by atoms with van der Waals surface area (Å²) in [6.07, 6.45) is 1.54. The van der Waals surface area contributed by atoms with Crippen molar-refractivity contribution in [2.24, 2.45) is 5.10 Å². The molecule has 0 aliphatic carbocycles. The van der Waals surface area contributed by atoms with Crippen LogP contribution < -0.4 is 10.2 Å². The number of amides is 2. The summed E-state index contributed by atoms with van der Waals surface area (Å²) < 4.78 is 13.1. The Morgan fingerprint density at radius 2 is 1.93 bits per heavy atom. The number of hydrazone groups is 1. The summed E-state index contributed by atoms with van der Waals surface area (Å²) in [5.74, 6) is -0.789. The van der Waals surface area contributed by atoms with Gasteiger partial charge in [0.15, 0.2) is 0 Å². The molecule has 2 amide bonds. The Bertz CT molecular complexity index is 971. The Hall–Kier alpha value is -3.22. The number of nitrogens with one attached hydrogen (secondary N) is 1. The third-order valence-corrected chi connectivity index (χ3v) is 5.33. The maximum atomic E-state index is 13.1. The quantitative estimate of drug-likeness (QED) is 0.846. The lowest BCUT2D eigenvalue weighted by Crippen LogP contribution is -2.36. The van der Waals surface area contributed by atoms with Crippen LogP contribution >= 0.6 is 0 Å². The van der Waals surface area contributed by atoms with Gasteiger partial charge in [-0.3, -0.25) is 9.59 Å². The van der Waals surface area contributed by atoms with Crippen LogP contribution in [0.1, 0.15) is 30.9 Å². The van der Waals surface area contributed by atoms with E-state index >= 15 is 0 Å². The van der Waals surface area contributed by atoms with Gasteiger partial charge in [0.2, 0.25) is 5.91 Å². The van der Waals surface area contributed by atoms with Gasteiger partial charge in [0.05, 0.1) is 6.54 Å². The second-order valence-corrected chi connectivity index (χ2v) is 7.25.